The zero-order valence-electron chi connectivity index (χ0n) is 11.6. The number of nitrogens with zero attached hydrogens (tertiary/aromatic N) is 1. The van der Waals surface area contributed by atoms with Gasteiger partial charge in [0.2, 0.25) is 0 Å². The first-order valence-electron chi connectivity index (χ1n) is 6.19. The standard InChI is InChI=1S/C14H15FN2O3S/c1-9-5-10(2)16-14(6-9)17-21(19,20)13-4-3-11(8-18)7-12(13)15/h3-7,18H,8H2,1-2H3,(H,16,17). The molecule has 0 aliphatic rings. The van der Waals surface area contributed by atoms with Crippen molar-refractivity contribution < 1.29 is 17.9 Å². The van der Waals surface area contributed by atoms with Gasteiger partial charge >= 0.3 is 0 Å². The van der Waals surface area contributed by atoms with Gasteiger partial charge in [-0.2, -0.15) is 0 Å². The van der Waals surface area contributed by atoms with Gasteiger partial charge < -0.3 is 5.11 Å². The van der Waals surface area contributed by atoms with Crippen molar-refractivity contribution >= 4 is 15.8 Å². The van der Waals surface area contributed by atoms with Crippen molar-refractivity contribution in [3.63, 3.8) is 0 Å². The van der Waals surface area contributed by atoms with Crippen molar-refractivity contribution in [2.24, 2.45) is 0 Å². The molecule has 5 nitrogen and oxygen atoms in total. The van der Waals surface area contributed by atoms with Crippen LogP contribution in [0.2, 0.25) is 0 Å². The maximum absolute atomic E-state index is 13.8. The van der Waals surface area contributed by atoms with E-state index >= 15 is 0 Å². The normalized spacial score (nSPS) is 11.4. The second-order valence-corrected chi connectivity index (χ2v) is 6.35. The Hall–Kier alpha value is -1.99. The highest BCUT2D eigenvalue weighted by Gasteiger charge is 2.20. The number of benzene rings is 1. The molecule has 0 spiro atoms. The van der Waals surface area contributed by atoms with Crippen LogP contribution < -0.4 is 4.72 Å². The second kappa shape index (κ2) is 5.79. The van der Waals surface area contributed by atoms with E-state index in [2.05, 4.69) is 9.71 Å². The lowest BCUT2D eigenvalue weighted by atomic mass is 10.2. The molecule has 0 saturated heterocycles. The van der Waals surface area contributed by atoms with Crippen LogP contribution in [0, 0.1) is 19.7 Å². The molecule has 0 aliphatic heterocycles. The van der Waals surface area contributed by atoms with Crippen LogP contribution in [-0.2, 0) is 16.6 Å². The van der Waals surface area contributed by atoms with E-state index in [1.165, 1.54) is 6.07 Å². The lowest BCUT2D eigenvalue weighted by Gasteiger charge is -2.10. The number of hydrogen-bond acceptors (Lipinski definition) is 4. The number of aryl methyl sites for hydroxylation is 2. The Morgan fingerprint density at radius 2 is 1.95 bits per heavy atom. The summed E-state index contributed by atoms with van der Waals surface area (Å²) in [5, 5.41) is 8.91. The molecule has 0 aliphatic carbocycles. The molecule has 2 rings (SSSR count). The zero-order chi connectivity index (χ0) is 15.6. The summed E-state index contributed by atoms with van der Waals surface area (Å²) >= 11 is 0. The number of aromatic nitrogens is 1. The van der Waals surface area contributed by atoms with Gasteiger partial charge in [-0.05, 0) is 49.2 Å². The molecule has 0 atom stereocenters. The minimum Gasteiger partial charge on any atom is -0.392 e. The third-order valence-corrected chi connectivity index (χ3v) is 4.19. The average Bonchev–Trinajstić information content (AvgIpc) is 2.36. The van der Waals surface area contributed by atoms with Crippen molar-refractivity contribution in [1.29, 1.82) is 0 Å². The number of halogens is 1. The van der Waals surface area contributed by atoms with Gasteiger partial charge in [0.25, 0.3) is 10.0 Å². The van der Waals surface area contributed by atoms with Crippen molar-refractivity contribution in [2.75, 3.05) is 4.72 Å². The summed E-state index contributed by atoms with van der Waals surface area (Å²) in [4.78, 5) is 3.57. The molecule has 7 heteroatoms. The SMILES string of the molecule is Cc1cc(C)nc(NS(=O)(=O)c2ccc(CO)cc2F)c1. The quantitative estimate of drug-likeness (QED) is 0.906. The van der Waals surface area contributed by atoms with E-state index in [9.17, 15) is 12.8 Å². The number of aliphatic hydroxyl groups is 1. The Balaban J connectivity index is 2.38. The van der Waals surface area contributed by atoms with E-state index in [0.717, 1.165) is 17.7 Å². The third-order valence-electron chi connectivity index (χ3n) is 2.81. The molecule has 21 heavy (non-hydrogen) atoms. The van der Waals surface area contributed by atoms with Gasteiger partial charge in [-0.1, -0.05) is 6.07 Å². The monoisotopic (exact) mass is 310 g/mol. The second-order valence-electron chi connectivity index (χ2n) is 4.70. The summed E-state index contributed by atoms with van der Waals surface area (Å²) in [5.74, 6) is -0.781. The first-order valence-corrected chi connectivity index (χ1v) is 7.67. The molecule has 1 heterocycles. The summed E-state index contributed by atoms with van der Waals surface area (Å²) in [6.45, 7) is 3.19. The Kier molecular flexibility index (Phi) is 4.24. The molecule has 1 aromatic heterocycles. The molecule has 0 bridgehead atoms. The molecule has 1 aromatic carbocycles. The average molecular weight is 310 g/mol. The van der Waals surface area contributed by atoms with Crippen LogP contribution in [0.5, 0.6) is 0 Å². The number of aliphatic hydroxyl groups excluding tert-OH is 1. The Bertz CT molecular complexity index is 756. The fourth-order valence-electron chi connectivity index (χ4n) is 1.95. The minimum absolute atomic E-state index is 0.137. The maximum Gasteiger partial charge on any atom is 0.265 e. The van der Waals surface area contributed by atoms with Crippen LogP contribution in [0.4, 0.5) is 10.2 Å². The van der Waals surface area contributed by atoms with E-state index in [1.54, 1.807) is 19.1 Å². The van der Waals surface area contributed by atoms with Crippen molar-refractivity contribution in [3.05, 3.63) is 53.0 Å². The van der Waals surface area contributed by atoms with E-state index in [1.807, 2.05) is 6.92 Å². The molecule has 0 radical (unpaired) electrons. The van der Waals surface area contributed by atoms with Crippen LogP contribution >= 0.6 is 0 Å². The van der Waals surface area contributed by atoms with Gasteiger partial charge in [-0.25, -0.2) is 17.8 Å². The topological polar surface area (TPSA) is 79.3 Å². The van der Waals surface area contributed by atoms with Gasteiger partial charge in [0.05, 0.1) is 6.61 Å². The Morgan fingerprint density at radius 1 is 1.24 bits per heavy atom. The Morgan fingerprint density at radius 3 is 2.52 bits per heavy atom. The predicted molar refractivity (Wildman–Crippen MR) is 76.8 cm³/mol. The van der Waals surface area contributed by atoms with Crippen molar-refractivity contribution in [1.82, 2.24) is 4.98 Å². The molecule has 0 saturated carbocycles. The fourth-order valence-corrected chi connectivity index (χ4v) is 3.00. The van der Waals surface area contributed by atoms with Gasteiger partial charge in [0, 0.05) is 5.69 Å². The molecule has 0 fully saturated rings. The number of sulfonamides is 1. The number of anilines is 1. The first-order chi connectivity index (χ1) is 9.81. The van der Waals surface area contributed by atoms with Crippen LogP contribution in [0.15, 0.2) is 35.2 Å². The largest absolute Gasteiger partial charge is 0.392 e. The number of hydrogen-bond donors (Lipinski definition) is 2. The highest BCUT2D eigenvalue weighted by atomic mass is 32.2. The van der Waals surface area contributed by atoms with E-state index < -0.39 is 20.7 Å². The smallest absolute Gasteiger partial charge is 0.265 e. The van der Waals surface area contributed by atoms with Gasteiger partial charge in [-0.15, -0.1) is 0 Å². The number of nitrogens with one attached hydrogen (secondary N) is 1. The highest BCUT2D eigenvalue weighted by molar-refractivity contribution is 7.92. The van der Waals surface area contributed by atoms with Crippen LogP contribution in [0.1, 0.15) is 16.8 Å². The maximum atomic E-state index is 13.8. The van der Waals surface area contributed by atoms with Crippen LogP contribution in [0.3, 0.4) is 0 Å². The molecule has 0 unspecified atom stereocenters. The third kappa shape index (κ3) is 3.56. The lowest BCUT2D eigenvalue weighted by molar-refractivity contribution is 0.281. The minimum atomic E-state index is -4.07. The van der Waals surface area contributed by atoms with Gasteiger partial charge in [0.15, 0.2) is 0 Å². The molecular weight excluding hydrogens is 295 g/mol. The zero-order valence-corrected chi connectivity index (χ0v) is 12.4. The fraction of sp³-hybridized carbons (Fsp3) is 0.214. The molecule has 2 N–H and O–H groups in total. The number of rotatable bonds is 4. The van der Waals surface area contributed by atoms with Gasteiger partial charge in [0.1, 0.15) is 16.5 Å². The molecular formula is C14H15FN2O3S. The first kappa shape index (κ1) is 15.4. The molecule has 112 valence electrons. The van der Waals surface area contributed by atoms with Gasteiger partial charge in [-0.3, -0.25) is 4.72 Å². The summed E-state index contributed by atoms with van der Waals surface area (Å²) < 4.78 is 40.5. The summed E-state index contributed by atoms with van der Waals surface area (Å²) in [6.07, 6.45) is 0. The van der Waals surface area contributed by atoms with E-state index in [0.29, 0.717) is 11.3 Å². The van der Waals surface area contributed by atoms with Crippen molar-refractivity contribution in [2.45, 2.75) is 25.3 Å². The lowest BCUT2D eigenvalue weighted by Crippen LogP contribution is -2.16. The van der Waals surface area contributed by atoms with E-state index in [-0.39, 0.29) is 12.4 Å². The molecule has 2 aromatic rings. The summed E-state index contributed by atoms with van der Waals surface area (Å²) in [6, 6.07) is 6.82. The van der Waals surface area contributed by atoms with Crippen LogP contribution in [0.25, 0.3) is 0 Å². The van der Waals surface area contributed by atoms with Crippen LogP contribution in [-0.4, -0.2) is 18.5 Å². The van der Waals surface area contributed by atoms with E-state index in [4.69, 9.17) is 5.11 Å². The highest BCUT2D eigenvalue weighted by Crippen LogP contribution is 2.20. The summed E-state index contributed by atoms with van der Waals surface area (Å²) in [7, 11) is -4.07. The van der Waals surface area contributed by atoms with Crippen molar-refractivity contribution in [3.8, 4) is 0 Å². The Labute approximate surface area is 122 Å². The summed E-state index contributed by atoms with van der Waals surface area (Å²) in [5.41, 5.74) is 1.80. The predicted octanol–water partition coefficient (Wildman–Crippen LogP) is 2.13. The number of pyridine rings is 1. The molecule has 0 amide bonds.